The van der Waals surface area contributed by atoms with Gasteiger partial charge >= 0.3 is 0 Å². The summed E-state index contributed by atoms with van der Waals surface area (Å²) in [6, 6.07) is 0. The van der Waals surface area contributed by atoms with Crippen molar-refractivity contribution >= 4 is 0 Å². The lowest BCUT2D eigenvalue weighted by molar-refractivity contribution is -0.254. The van der Waals surface area contributed by atoms with Gasteiger partial charge in [-0.3, -0.25) is 0 Å². The quantitative estimate of drug-likeness (QED) is 0.0310. The van der Waals surface area contributed by atoms with Gasteiger partial charge in [0.05, 0.1) is 109 Å². The van der Waals surface area contributed by atoms with Crippen LogP contribution in [0, 0.1) is 5.41 Å². The summed E-state index contributed by atoms with van der Waals surface area (Å²) in [4.78, 5) is 0. The minimum atomic E-state index is -1.71. The van der Waals surface area contributed by atoms with E-state index in [1.807, 2.05) is 0 Å². The van der Waals surface area contributed by atoms with Crippen molar-refractivity contribution in [3.8, 4) is 0 Å². The second-order valence-electron chi connectivity index (χ2n) is 19.1. The molecule has 36 nitrogen and oxygen atoms in total. The second-order valence-corrected chi connectivity index (χ2v) is 19.1. The van der Waals surface area contributed by atoms with Crippen molar-refractivity contribution in [1.82, 2.24) is 60.0 Å². The van der Waals surface area contributed by atoms with Gasteiger partial charge in [-0.25, -0.2) is 18.7 Å². The van der Waals surface area contributed by atoms with E-state index >= 15 is 0 Å². The highest BCUT2D eigenvalue weighted by Crippen LogP contribution is 2.32. The summed E-state index contributed by atoms with van der Waals surface area (Å²) in [5.74, 6) is 0. The van der Waals surface area contributed by atoms with Crippen LogP contribution in [0.4, 0.5) is 0 Å². The smallest absolute Gasteiger partial charge is 0.180 e. The molecule has 0 unspecified atom stereocenters. The van der Waals surface area contributed by atoms with Gasteiger partial charge < -0.3 is 120 Å². The van der Waals surface area contributed by atoms with Crippen LogP contribution in [-0.4, -0.2) is 292 Å². The van der Waals surface area contributed by atoms with Crippen molar-refractivity contribution in [2.75, 3.05) is 52.9 Å². The molecule has 0 saturated carbocycles. The van der Waals surface area contributed by atoms with Crippen LogP contribution < -0.4 is 0 Å². The van der Waals surface area contributed by atoms with E-state index in [4.69, 9.17) is 37.9 Å². The Balaban J connectivity index is 1.02. The van der Waals surface area contributed by atoms with Gasteiger partial charge in [0.15, 0.2) is 24.9 Å². The first-order valence-electron chi connectivity index (χ1n) is 24.1. The van der Waals surface area contributed by atoms with E-state index in [1.165, 1.54) is 24.8 Å². The predicted octanol–water partition coefficient (Wildman–Crippen LogP) is -10.9. The fraction of sp³-hybridized carbons (Fsp3) is 0.805. The number of hydrogen-bond acceptors (Lipinski definition) is 32. The molecule has 432 valence electrons. The topological polar surface area (TPSA) is 520 Å². The molecule has 16 N–H and O–H groups in total. The summed E-state index contributed by atoms with van der Waals surface area (Å²) in [5.41, 5.74) is -0.701. The third kappa shape index (κ3) is 13.0. The van der Waals surface area contributed by atoms with E-state index in [2.05, 4.69) is 41.2 Å². The highest BCUT2D eigenvalue weighted by molar-refractivity contribution is 5.00. The lowest BCUT2D eigenvalue weighted by Crippen LogP contribution is -2.56. The lowest BCUT2D eigenvalue weighted by Gasteiger charge is -2.39. The number of aliphatic hydroxyl groups is 16. The maximum absolute atomic E-state index is 10.7. The van der Waals surface area contributed by atoms with Crippen molar-refractivity contribution < 1.29 is 120 Å². The normalized spacial score (nSPS) is 36.2. The molecule has 0 aliphatic carbocycles. The Hall–Kier alpha value is -4.40. The van der Waals surface area contributed by atoms with E-state index in [9.17, 15) is 81.7 Å². The van der Waals surface area contributed by atoms with Gasteiger partial charge in [-0.05, 0) is 0 Å². The highest BCUT2D eigenvalue weighted by atomic mass is 16.6. The zero-order chi connectivity index (χ0) is 55.3. The van der Waals surface area contributed by atoms with Crippen LogP contribution in [0.3, 0.4) is 0 Å². The second kappa shape index (κ2) is 25.8. The minimum Gasteiger partial charge on any atom is -0.394 e. The zero-order valence-corrected chi connectivity index (χ0v) is 40.6. The molecule has 0 radical (unpaired) electrons. The van der Waals surface area contributed by atoms with Gasteiger partial charge in [0.2, 0.25) is 0 Å². The summed E-state index contributed by atoms with van der Waals surface area (Å²) in [7, 11) is 0. The molecule has 36 heteroatoms. The Bertz CT molecular complexity index is 2100. The number of aromatic nitrogens is 12. The molecule has 0 bridgehead atoms. The minimum absolute atomic E-state index is 0.165. The fourth-order valence-electron chi connectivity index (χ4n) is 8.96. The largest absolute Gasteiger partial charge is 0.394 e. The Labute approximate surface area is 433 Å². The van der Waals surface area contributed by atoms with Crippen LogP contribution in [-0.2, 0) is 64.3 Å². The monoisotopic (exact) mass is 1110 g/mol. The van der Waals surface area contributed by atoms with Crippen molar-refractivity contribution in [2.45, 2.75) is 149 Å². The molecular weight excluding hydrogens is 1040 g/mol. The van der Waals surface area contributed by atoms with E-state index in [-0.39, 0.29) is 75.6 Å². The summed E-state index contributed by atoms with van der Waals surface area (Å²) in [5, 5.41) is 196. The summed E-state index contributed by atoms with van der Waals surface area (Å²) >= 11 is 0. The highest BCUT2D eigenvalue weighted by Gasteiger charge is 2.48. The molecule has 4 saturated heterocycles. The molecule has 20 atom stereocenters. The summed E-state index contributed by atoms with van der Waals surface area (Å²) in [6.07, 6.45) is -25.2. The molecule has 8 heterocycles. The molecule has 77 heavy (non-hydrogen) atoms. The first-order valence-corrected chi connectivity index (χ1v) is 24.1. The number of rotatable bonds is 24. The summed E-state index contributed by atoms with van der Waals surface area (Å²) in [6.45, 7) is -5.04. The van der Waals surface area contributed by atoms with E-state index in [0.717, 1.165) is 18.7 Å². The van der Waals surface area contributed by atoms with Crippen molar-refractivity contribution in [3.63, 3.8) is 0 Å². The van der Waals surface area contributed by atoms with Gasteiger partial charge in [0.25, 0.3) is 0 Å². The summed E-state index contributed by atoms with van der Waals surface area (Å²) < 4.78 is 51.4. The first-order chi connectivity index (χ1) is 36.9. The van der Waals surface area contributed by atoms with Crippen LogP contribution in [0.25, 0.3) is 0 Å². The van der Waals surface area contributed by atoms with Crippen molar-refractivity contribution in [3.05, 3.63) is 47.6 Å². The molecule has 0 aromatic carbocycles. The Morgan fingerprint density at radius 2 is 0.545 bits per heavy atom. The molecule has 0 spiro atoms. The molecule has 4 aliphatic rings. The third-order valence-electron chi connectivity index (χ3n) is 13.4. The number of nitrogens with zero attached hydrogens (tertiary/aromatic N) is 12. The van der Waals surface area contributed by atoms with E-state index < -0.39 is 154 Å². The maximum atomic E-state index is 10.7. The Morgan fingerprint density at radius 3 is 0.740 bits per heavy atom. The first kappa shape index (κ1) is 58.7. The Morgan fingerprint density at radius 1 is 0.338 bits per heavy atom. The van der Waals surface area contributed by atoms with Gasteiger partial charge in [0.1, 0.15) is 120 Å². The van der Waals surface area contributed by atoms with Gasteiger partial charge in [-0.1, -0.05) is 20.9 Å². The van der Waals surface area contributed by atoms with Crippen LogP contribution in [0.1, 0.15) is 47.7 Å². The molecule has 4 fully saturated rings. The van der Waals surface area contributed by atoms with E-state index in [0.29, 0.717) is 0 Å². The number of hydrogen-bond donors (Lipinski definition) is 16. The van der Waals surface area contributed by atoms with Crippen LogP contribution >= 0.6 is 0 Å². The standard InChI is InChI=1S/C41H64N12O24/c54-5-21-25(58)29(62)33(66)37(74-21)50-1-17(42-46-50)9-70-13-41(14-71-10-18-2-51(47-43-18)38-34(67)30(63)26(59)22(6-55)75-38,15-72-11-19-3-52(48-44-19)39-35(68)31(64)27(60)23(7-56)76-39)16-73-12-20-4-53(49-45-20)40-36(69)32(65)28(61)24(8-57)77-40/h1-4,21-40,54-69H,5-16H2/t21-,22-,23-,24-,25-,26-,27-,28-,29+,30+,31+,32+,33+,34+,35+,36+,37+,38+,39+,40+/m1/s1. The number of aliphatic hydroxyl groups excluding tert-OH is 16. The van der Waals surface area contributed by atoms with Gasteiger partial charge in [0, 0.05) is 0 Å². The fourth-order valence-corrected chi connectivity index (χ4v) is 8.96. The molecule has 8 rings (SSSR count). The predicted molar refractivity (Wildman–Crippen MR) is 237 cm³/mol. The van der Waals surface area contributed by atoms with Crippen LogP contribution in [0.5, 0.6) is 0 Å². The maximum Gasteiger partial charge on any atom is 0.180 e. The Kier molecular flexibility index (Phi) is 19.7. The van der Waals surface area contributed by atoms with Crippen LogP contribution in [0.15, 0.2) is 24.8 Å². The average Bonchev–Trinajstić information content (AvgIpc) is 4.29. The SMILES string of the molecule is OC[C@H]1O[C@H](n2cc(COCC(COCc3cn([C@H]4O[C@H](CO)[C@@H](O)[C@H](O)[C@@H]4O)nn3)(COCc3cn([C@H]4O[C@H](CO)[C@@H](O)[C@H](O)[C@@H]4O)nn3)COCc3cn([C@H]4O[C@H](CO)[C@@H](O)[C@H](O)[C@@H]4O)nn3)nn2)[C@@H](O)[C@@H](O)[C@@H]1O. The molecular formula is C41H64N12O24. The average molecular weight is 1110 g/mol. The molecule has 4 aromatic rings. The van der Waals surface area contributed by atoms with Crippen molar-refractivity contribution in [1.29, 1.82) is 0 Å². The molecule has 0 amide bonds. The number of ether oxygens (including phenoxy) is 8. The molecule has 4 aromatic heterocycles. The van der Waals surface area contributed by atoms with Gasteiger partial charge in [-0.2, -0.15) is 0 Å². The third-order valence-corrected chi connectivity index (χ3v) is 13.4. The van der Waals surface area contributed by atoms with E-state index in [1.54, 1.807) is 0 Å². The zero-order valence-electron chi connectivity index (χ0n) is 40.6. The van der Waals surface area contributed by atoms with Crippen LogP contribution in [0.2, 0.25) is 0 Å². The van der Waals surface area contributed by atoms with Gasteiger partial charge in [-0.15, -0.1) is 20.4 Å². The molecule has 4 aliphatic heterocycles. The lowest BCUT2D eigenvalue weighted by atomic mass is 9.92. The van der Waals surface area contributed by atoms with Crippen molar-refractivity contribution in [2.24, 2.45) is 5.41 Å².